The fourth-order valence-electron chi connectivity index (χ4n) is 3.28. The Morgan fingerprint density at radius 2 is 1.88 bits per heavy atom. The van der Waals surface area contributed by atoms with E-state index in [1.807, 2.05) is 61.5 Å². The summed E-state index contributed by atoms with van der Waals surface area (Å²) in [5.74, 6) is -0.905. The normalized spacial score (nSPS) is 11.6. The van der Waals surface area contributed by atoms with E-state index in [0.29, 0.717) is 10.5 Å². The standard InChI is InChI=1S/C25H20N2O4S2/c1-16-6-10-19(11-7-16)32-23-12-8-17(15-21(23)27(30)31)14-18(9-13-24(28)29)25-26-20-4-2-3-5-22(20)33-25/h2-8,10-12,14-15H,9,13H2,1H3,(H,28,29)/b18-14+. The van der Waals surface area contributed by atoms with Gasteiger partial charge < -0.3 is 5.11 Å². The minimum atomic E-state index is -0.905. The number of nitrogens with zero attached hydrogens (tertiary/aromatic N) is 2. The van der Waals surface area contributed by atoms with Crippen LogP contribution < -0.4 is 0 Å². The fourth-order valence-corrected chi connectivity index (χ4v) is 5.19. The summed E-state index contributed by atoms with van der Waals surface area (Å²) < 4.78 is 1.00. The molecule has 3 aromatic carbocycles. The van der Waals surface area contributed by atoms with Crippen LogP contribution in [-0.4, -0.2) is 21.0 Å². The van der Waals surface area contributed by atoms with Crippen molar-refractivity contribution >= 4 is 56.6 Å². The second-order valence-electron chi connectivity index (χ2n) is 7.45. The average Bonchev–Trinajstić information content (AvgIpc) is 3.23. The minimum Gasteiger partial charge on any atom is -0.481 e. The lowest BCUT2D eigenvalue weighted by atomic mass is 10.1. The maximum Gasteiger partial charge on any atom is 0.303 e. The third kappa shape index (κ3) is 5.66. The predicted molar refractivity (Wildman–Crippen MR) is 133 cm³/mol. The van der Waals surface area contributed by atoms with Crippen molar-refractivity contribution in [3.8, 4) is 0 Å². The monoisotopic (exact) mass is 476 g/mol. The Morgan fingerprint density at radius 1 is 1.12 bits per heavy atom. The van der Waals surface area contributed by atoms with E-state index in [1.54, 1.807) is 12.1 Å². The number of aryl methyl sites for hydroxylation is 1. The van der Waals surface area contributed by atoms with E-state index in [1.165, 1.54) is 29.2 Å². The molecule has 0 spiro atoms. The summed E-state index contributed by atoms with van der Waals surface area (Å²) in [4.78, 5) is 28.7. The highest BCUT2D eigenvalue weighted by atomic mass is 32.2. The van der Waals surface area contributed by atoms with Crippen LogP contribution in [-0.2, 0) is 4.79 Å². The molecule has 8 heteroatoms. The van der Waals surface area contributed by atoms with E-state index in [2.05, 4.69) is 4.98 Å². The summed E-state index contributed by atoms with van der Waals surface area (Å²) in [6.07, 6.45) is 2.03. The fraction of sp³-hybridized carbons (Fsp3) is 0.120. The number of benzene rings is 3. The maximum absolute atomic E-state index is 11.8. The van der Waals surface area contributed by atoms with Crippen molar-refractivity contribution in [2.75, 3.05) is 0 Å². The summed E-state index contributed by atoms with van der Waals surface area (Å²) in [5.41, 5.74) is 3.35. The summed E-state index contributed by atoms with van der Waals surface area (Å²) in [6, 6.07) is 20.6. The van der Waals surface area contributed by atoms with Crippen molar-refractivity contribution in [2.45, 2.75) is 29.6 Å². The Balaban J connectivity index is 1.71. The number of para-hydroxylation sites is 1. The Labute approximate surface area is 198 Å². The van der Waals surface area contributed by atoms with Crippen molar-refractivity contribution in [1.29, 1.82) is 0 Å². The van der Waals surface area contributed by atoms with Gasteiger partial charge in [0.1, 0.15) is 5.01 Å². The van der Waals surface area contributed by atoms with Gasteiger partial charge in [-0.15, -0.1) is 11.3 Å². The van der Waals surface area contributed by atoms with Crippen molar-refractivity contribution in [1.82, 2.24) is 4.98 Å². The van der Waals surface area contributed by atoms with Crippen molar-refractivity contribution in [3.05, 3.63) is 93.0 Å². The first-order valence-corrected chi connectivity index (χ1v) is 11.8. The molecule has 0 bridgehead atoms. The molecule has 4 aromatic rings. The maximum atomic E-state index is 11.8. The third-order valence-corrected chi connectivity index (χ3v) is 7.13. The molecule has 0 saturated carbocycles. The van der Waals surface area contributed by atoms with Crippen LogP contribution in [0.1, 0.15) is 29.0 Å². The Morgan fingerprint density at radius 3 is 2.58 bits per heavy atom. The van der Waals surface area contributed by atoms with E-state index >= 15 is 0 Å². The summed E-state index contributed by atoms with van der Waals surface area (Å²) in [6.45, 7) is 1.99. The molecule has 0 amide bonds. The van der Waals surface area contributed by atoms with Crippen LogP contribution >= 0.6 is 23.1 Å². The van der Waals surface area contributed by atoms with Crippen molar-refractivity contribution in [3.63, 3.8) is 0 Å². The first kappa shape index (κ1) is 22.7. The average molecular weight is 477 g/mol. The molecule has 1 heterocycles. The second-order valence-corrected chi connectivity index (χ2v) is 9.60. The number of carbonyl (C=O) groups is 1. The zero-order valence-electron chi connectivity index (χ0n) is 17.7. The molecule has 0 aliphatic heterocycles. The van der Waals surface area contributed by atoms with Crippen LogP contribution in [0.15, 0.2) is 76.5 Å². The van der Waals surface area contributed by atoms with Crippen LogP contribution in [0.3, 0.4) is 0 Å². The van der Waals surface area contributed by atoms with Gasteiger partial charge in [-0.05, 0) is 60.9 Å². The zero-order chi connectivity index (χ0) is 23.4. The lowest BCUT2D eigenvalue weighted by Gasteiger charge is -2.07. The van der Waals surface area contributed by atoms with E-state index < -0.39 is 5.97 Å². The first-order valence-electron chi connectivity index (χ1n) is 10.2. The van der Waals surface area contributed by atoms with E-state index in [-0.39, 0.29) is 23.5 Å². The minimum absolute atomic E-state index is 0.0104. The van der Waals surface area contributed by atoms with E-state index in [4.69, 9.17) is 0 Å². The number of fused-ring (bicyclic) bond motifs is 1. The number of nitro groups is 1. The Hall–Kier alpha value is -3.49. The number of nitro benzene ring substituents is 1. The number of hydrogen-bond donors (Lipinski definition) is 1. The van der Waals surface area contributed by atoms with Gasteiger partial charge in [0.2, 0.25) is 0 Å². The molecule has 1 N–H and O–H groups in total. The summed E-state index contributed by atoms with van der Waals surface area (Å²) in [7, 11) is 0. The van der Waals surface area contributed by atoms with Gasteiger partial charge in [-0.1, -0.05) is 47.7 Å². The molecule has 0 unspecified atom stereocenters. The van der Waals surface area contributed by atoms with Gasteiger partial charge in [0, 0.05) is 17.4 Å². The predicted octanol–water partition coefficient (Wildman–Crippen LogP) is 7.07. The highest BCUT2D eigenvalue weighted by Gasteiger charge is 2.17. The number of carboxylic acid groups (broad SMARTS) is 1. The highest BCUT2D eigenvalue weighted by Crippen LogP contribution is 2.37. The molecule has 1 aromatic heterocycles. The number of carboxylic acids is 1. The van der Waals surface area contributed by atoms with Gasteiger partial charge in [-0.3, -0.25) is 14.9 Å². The number of aliphatic carboxylic acids is 1. The van der Waals surface area contributed by atoms with Gasteiger partial charge in [0.15, 0.2) is 0 Å². The number of rotatable bonds is 8. The number of thiazole rings is 1. The topological polar surface area (TPSA) is 93.3 Å². The van der Waals surface area contributed by atoms with Crippen molar-refractivity contribution < 1.29 is 14.8 Å². The molecular weight excluding hydrogens is 456 g/mol. The van der Waals surface area contributed by atoms with Gasteiger partial charge in [0.25, 0.3) is 5.69 Å². The zero-order valence-corrected chi connectivity index (χ0v) is 19.4. The largest absolute Gasteiger partial charge is 0.481 e. The number of allylic oxidation sites excluding steroid dienone is 1. The van der Waals surface area contributed by atoms with Gasteiger partial charge in [-0.2, -0.15) is 0 Å². The lowest BCUT2D eigenvalue weighted by molar-refractivity contribution is -0.387. The summed E-state index contributed by atoms with van der Waals surface area (Å²) in [5, 5.41) is 21.7. The molecule has 33 heavy (non-hydrogen) atoms. The Kier molecular flexibility index (Phi) is 6.86. The molecule has 0 radical (unpaired) electrons. The molecule has 0 saturated heterocycles. The van der Waals surface area contributed by atoms with Gasteiger partial charge in [-0.25, -0.2) is 4.98 Å². The molecular formula is C25H20N2O4S2. The lowest BCUT2D eigenvalue weighted by Crippen LogP contribution is -1.96. The molecule has 166 valence electrons. The second kappa shape index (κ2) is 9.97. The van der Waals surface area contributed by atoms with Crippen LogP contribution in [0.4, 0.5) is 5.69 Å². The Bertz CT molecular complexity index is 1330. The van der Waals surface area contributed by atoms with E-state index in [0.717, 1.165) is 31.3 Å². The molecule has 6 nitrogen and oxygen atoms in total. The SMILES string of the molecule is Cc1ccc(Sc2ccc(/C=C(\CCC(=O)O)c3nc4ccccc4s3)cc2[N+](=O)[O-])cc1. The van der Waals surface area contributed by atoms with E-state index in [9.17, 15) is 20.0 Å². The number of hydrogen-bond acceptors (Lipinski definition) is 6. The third-order valence-electron chi connectivity index (χ3n) is 4.95. The van der Waals surface area contributed by atoms with Gasteiger partial charge >= 0.3 is 5.97 Å². The molecule has 0 atom stereocenters. The van der Waals surface area contributed by atoms with Gasteiger partial charge in [0.05, 0.1) is 20.0 Å². The smallest absolute Gasteiger partial charge is 0.303 e. The van der Waals surface area contributed by atoms with Crippen LogP contribution in [0.25, 0.3) is 21.9 Å². The molecule has 0 aliphatic rings. The highest BCUT2D eigenvalue weighted by molar-refractivity contribution is 7.99. The molecule has 0 aliphatic carbocycles. The quantitative estimate of drug-likeness (QED) is 0.216. The van der Waals surface area contributed by atoms with Crippen molar-refractivity contribution in [2.24, 2.45) is 0 Å². The molecule has 4 rings (SSSR count). The number of aromatic nitrogens is 1. The van der Waals surface area contributed by atoms with Crippen LogP contribution in [0.5, 0.6) is 0 Å². The molecule has 0 fully saturated rings. The van der Waals surface area contributed by atoms with Crippen LogP contribution in [0, 0.1) is 17.0 Å². The van der Waals surface area contributed by atoms with Crippen LogP contribution in [0.2, 0.25) is 0 Å². The first-order chi connectivity index (χ1) is 15.9. The summed E-state index contributed by atoms with van der Waals surface area (Å²) >= 11 is 2.82.